The van der Waals surface area contributed by atoms with Crippen molar-refractivity contribution in [3.8, 4) is 28.3 Å². The number of aromatic nitrogens is 2. The van der Waals surface area contributed by atoms with Gasteiger partial charge in [-0.05, 0) is 43.7 Å². The van der Waals surface area contributed by atoms with E-state index in [9.17, 15) is 18.0 Å². The lowest BCUT2D eigenvalue weighted by atomic mass is 10.0. The molecule has 4 aromatic rings. The summed E-state index contributed by atoms with van der Waals surface area (Å²) in [4.78, 5) is 21.0. The fourth-order valence-corrected chi connectivity index (χ4v) is 3.39. The molecule has 4 rings (SSSR count). The highest BCUT2D eigenvalue weighted by Gasteiger charge is 2.31. The van der Waals surface area contributed by atoms with Crippen LogP contribution in [0.5, 0.6) is 5.75 Å². The molecule has 0 aliphatic carbocycles. The summed E-state index contributed by atoms with van der Waals surface area (Å²) in [6.07, 6.45) is -3.14. The fourth-order valence-electron chi connectivity index (χ4n) is 3.39. The Labute approximate surface area is 194 Å². The topological polar surface area (TPSA) is 64.1 Å². The average Bonchev–Trinajstić information content (AvgIpc) is 2.81. The standard InChI is InChI=1S/C26H20F3N3O2/c1-16-8-10-21(11-9-16)34-25(33)31-22-12-17(2)23(32-24(22)18-6-4-3-5-7-18)19-13-20(15-30-14-19)26(27,28)29/h3-15H,1-2H3,(H,31,33). The van der Waals surface area contributed by atoms with E-state index in [2.05, 4.69) is 15.3 Å². The molecule has 0 unspecified atom stereocenters. The van der Waals surface area contributed by atoms with Gasteiger partial charge in [0, 0.05) is 23.5 Å². The summed E-state index contributed by atoms with van der Waals surface area (Å²) in [5, 5.41) is 2.71. The second kappa shape index (κ2) is 9.35. The average molecular weight is 463 g/mol. The lowest BCUT2D eigenvalue weighted by molar-refractivity contribution is -0.137. The van der Waals surface area contributed by atoms with Crippen molar-refractivity contribution in [1.82, 2.24) is 9.97 Å². The van der Waals surface area contributed by atoms with Crippen LogP contribution in [0.2, 0.25) is 0 Å². The molecule has 0 atom stereocenters. The number of ether oxygens (including phenoxy) is 1. The molecule has 2 aromatic carbocycles. The van der Waals surface area contributed by atoms with Crippen molar-refractivity contribution >= 4 is 11.8 Å². The number of anilines is 1. The van der Waals surface area contributed by atoms with Crippen LogP contribution in [0.4, 0.5) is 23.7 Å². The van der Waals surface area contributed by atoms with Gasteiger partial charge in [0.25, 0.3) is 0 Å². The zero-order valence-electron chi connectivity index (χ0n) is 18.4. The molecule has 2 aromatic heterocycles. The zero-order chi connectivity index (χ0) is 24.3. The van der Waals surface area contributed by atoms with E-state index in [1.165, 1.54) is 6.20 Å². The van der Waals surface area contributed by atoms with Crippen LogP contribution < -0.4 is 10.1 Å². The number of alkyl halides is 3. The number of carbonyl (C=O) groups excluding carboxylic acids is 1. The Morgan fingerprint density at radius 2 is 1.59 bits per heavy atom. The van der Waals surface area contributed by atoms with E-state index in [-0.39, 0.29) is 5.56 Å². The van der Waals surface area contributed by atoms with E-state index >= 15 is 0 Å². The number of halogens is 3. The maximum Gasteiger partial charge on any atom is 0.417 e. The Bertz CT molecular complexity index is 1320. The number of pyridine rings is 2. The summed E-state index contributed by atoms with van der Waals surface area (Å²) in [6, 6.07) is 18.7. The maximum absolute atomic E-state index is 13.2. The number of carbonyl (C=O) groups is 1. The Hall–Kier alpha value is -4.20. The van der Waals surface area contributed by atoms with Crippen LogP contribution in [-0.2, 0) is 6.18 Å². The van der Waals surface area contributed by atoms with Crippen LogP contribution in [-0.4, -0.2) is 16.1 Å². The van der Waals surface area contributed by atoms with Crippen molar-refractivity contribution in [3.05, 3.63) is 95.8 Å². The monoisotopic (exact) mass is 463 g/mol. The number of aryl methyl sites for hydroxylation is 2. The molecular formula is C26H20F3N3O2. The van der Waals surface area contributed by atoms with Crippen molar-refractivity contribution < 1.29 is 22.7 Å². The van der Waals surface area contributed by atoms with E-state index < -0.39 is 17.8 Å². The second-order valence-corrected chi connectivity index (χ2v) is 7.70. The number of nitrogens with one attached hydrogen (secondary N) is 1. The van der Waals surface area contributed by atoms with Crippen LogP contribution in [0, 0.1) is 13.8 Å². The van der Waals surface area contributed by atoms with Crippen LogP contribution >= 0.6 is 0 Å². The predicted molar refractivity (Wildman–Crippen MR) is 123 cm³/mol. The van der Waals surface area contributed by atoms with Gasteiger partial charge in [0.1, 0.15) is 5.75 Å². The molecular weight excluding hydrogens is 443 g/mol. The molecule has 0 radical (unpaired) electrons. The fraction of sp³-hybridized carbons (Fsp3) is 0.115. The number of benzene rings is 2. The first kappa shape index (κ1) is 23.0. The quantitative estimate of drug-likeness (QED) is 0.352. The van der Waals surface area contributed by atoms with Gasteiger partial charge in [0.2, 0.25) is 0 Å². The lowest BCUT2D eigenvalue weighted by Gasteiger charge is -2.16. The maximum atomic E-state index is 13.2. The number of rotatable bonds is 4. The third-order valence-electron chi connectivity index (χ3n) is 5.07. The normalized spacial score (nSPS) is 11.2. The van der Waals surface area contributed by atoms with Gasteiger partial charge in [-0.25, -0.2) is 9.78 Å². The van der Waals surface area contributed by atoms with Gasteiger partial charge in [-0.15, -0.1) is 0 Å². The van der Waals surface area contributed by atoms with Crippen LogP contribution in [0.15, 0.2) is 79.1 Å². The molecule has 0 aliphatic heterocycles. The molecule has 172 valence electrons. The summed E-state index contributed by atoms with van der Waals surface area (Å²) >= 11 is 0. The van der Waals surface area contributed by atoms with Gasteiger partial charge in [-0.2, -0.15) is 13.2 Å². The van der Waals surface area contributed by atoms with Crippen LogP contribution in [0.3, 0.4) is 0 Å². The first-order valence-corrected chi connectivity index (χ1v) is 10.4. The SMILES string of the molecule is Cc1ccc(OC(=O)Nc2cc(C)c(-c3cncc(C(F)(F)F)c3)nc2-c2ccccc2)cc1. The van der Waals surface area contributed by atoms with Crippen molar-refractivity contribution in [2.45, 2.75) is 20.0 Å². The van der Waals surface area contributed by atoms with E-state index in [0.717, 1.165) is 17.8 Å². The molecule has 0 aliphatic rings. The zero-order valence-corrected chi connectivity index (χ0v) is 18.4. The summed E-state index contributed by atoms with van der Waals surface area (Å²) in [5.41, 5.74) is 2.70. The number of amides is 1. The Balaban J connectivity index is 1.73. The molecule has 2 heterocycles. The van der Waals surface area contributed by atoms with Crippen LogP contribution in [0.1, 0.15) is 16.7 Å². The van der Waals surface area contributed by atoms with Gasteiger partial charge in [-0.3, -0.25) is 10.3 Å². The lowest BCUT2D eigenvalue weighted by Crippen LogP contribution is -2.18. The Morgan fingerprint density at radius 1 is 0.882 bits per heavy atom. The first-order chi connectivity index (χ1) is 16.2. The third-order valence-corrected chi connectivity index (χ3v) is 5.07. The number of nitrogens with zero attached hydrogens (tertiary/aromatic N) is 2. The highest BCUT2D eigenvalue weighted by Crippen LogP contribution is 2.35. The van der Waals surface area contributed by atoms with Crippen molar-refractivity contribution in [2.24, 2.45) is 0 Å². The third kappa shape index (κ3) is 5.23. The van der Waals surface area contributed by atoms with Gasteiger partial charge < -0.3 is 4.74 Å². The smallest absolute Gasteiger partial charge is 0.410 e. The van der Waals surface area contributed by atoms with E-state index in [0.29, 0.717) is 34.0 Å². The molecule has 0 fully saturated rings. The van der Waals surface area contributed by atoms with E-state index in [1.54, 1.807) is 49.4 Å². The van der Waals surface area contributed by atoms with Crippen molar-refractivity contribution in [1.29, 1.82) is 0 Å². The number of hydrogen-bond acceptors (Lipinski definition) is 4. The van der Waals surface area contributed by atoms with E-state index in [4.69, 9.17) is 4.74 Å². The Kier molecular flexibility index (Phi) is 6.32. The van der Waals surface area contributed by atoms with Crippen molar-refractivity contribution in [3.63, 3.8) is 0 Å². The highest BCUT2D eigenvalue weighted by atomic mass is 19.4. The molecule has 1 N–H and O–H groups in total. The number of hydrogen-bond donors (Lipinski definition) is 1. The molecule has 0 saturated heterocycles. The molecule has 0 bridgehead atoms. The van der Waals surface area contributed by atoms with Gasteiger partial charge >= 0.3 is 12.3 Å². The van der Waals surface area contributed by atoms with Gasteiger partial charge in [-0.1, -0.05) is 48.0 Å². The summed E-state index contributed by atoms with van der Waals surface area (Å²) in [7, 11) is 0. The van der Waals surface area contributed by atoms with Gasteiger partial charge in [0.15, 0.2) is 0 Å². The minimum atomic E-state index is -4.53. The molecule has 34 heavy (non-hydrogen) atoms. The molecule has 1 amide bonds. The largest absolute Gasteiger partial charge is 0.417 e. The minimum absolute atomic E-state index is 0.221. The predicted octanol–water partition coefficient (Wildman–Crippen LogP) is 7.06. The molecule has 8 heteroatoms. The first-order valence-electron chi connectivity index (χ1n) is 10.4. The molecule has 0 spiro atoms. The van der Waals surface area contributed by atoms with Crippen molar-refractivity contribution in [2.75, 3.05) is 5.32 Å². The Morgan fingerprint density at radius 3 is 2.26 bits per heavy atom. The highest BCUT2D eigenvalue weighted by molar-refractivity contribution is 5.92. The van der Waals surface area contributed by atoms with E-state index in [1.807, 2.05) is 25.1 Å². The van der Waals surface area contributed by atoms with Gasteiger partial charge in [0.05, 0.1) is 22.6 Å². The summed E-state index contributed by atoms with van der Waals surface area (Å²) < 4.78 is 45.0. The summed E-state index contributed by atoms with van der Waals surface area (Å²) in [6.45, 7) is 3.62. The second-order valence-electron chi connectivity index (χ2n) is 7.70. The molecule has 0 saturated carbocycles. The minimum Gasteiger partial charge on any atom is -0.410 e. The molecule has 5 nitrogen and oxygen atoms in total. The summed E-state index contributed by atoms with van der Waals surface area (Å²) in [5.74, 6) is 0.376. The van der Waals surface area contributed by atoms with Crippen LogP contribution in [0.25, 0.3) is 22.5 Å².